The number of nitrogens with one attached hydrogen (secondary N) is 2. The highest BCUT2D eigenvalue weighted by molar-refractivity contribution is 5.79. The maximum Gasteiger partial charge on any atom is 0.146 e. The molecule has 0 radical (unpaired) electrons. The summed E-state index contributed by atoms with van der Waals surface area (Å²) in [5.74, 6) is 6.14. The van der Waals surface area contributed by atoms with Crippen LogP contribution in [0, 0.1) is 22.7 Å². The summed E-state index contributed by atoms with van der Waals surface area (Å²) in [6.07, 6.45) is 5.42. The first-order valence-electron chi connectivity index (χ1n) is 6.09. The topological polar surface area (TPSA) is 99.0 Å². The average molecular weight is 250 g/mol. The molecule has 1 saturated carbocycles. The number of nitrogens with zero attached hydrogens (tertiary/aromatic N) is 3. The summed E-state index contributed by atoms with van der Waals surface area (Å²) in [6.45, 7) is 8.83. The van der Waals surface area contributed by atoms with E-state index in [1.807, 2.05) is 12.3 Å². The SMILES string of the molecule is C=CC[C@@H]1[C@H](/C=N/NCCC(=N)N=NN)C1(C)C. The molecule has 0 aromatic rings. The lowest BCUT2D eigenvalue weighted by Gasteiger charge is -1.99. The lowest BCUT2D eigenvalue weighted by Crippen LogP contribution is -2.11. The van der Waals surface area contributed by atoms with Crippen molar-refractivity contribution in [1.29, 1.82) is 5.41 Å². The van der Waals surface area contributed by atoms with Crippen molar-refractivity contribution >= 4 is 12.1 Å². The molecule has 1 rings (SSSR count). The Morgan fingerprint density at radius 3 is 2.89 bits per heavy atom. The van der Waals surface area contributed by atoms with Gasteiger partial charge in [-0.1, -0.05) is 25.1 Å². The Bertz CT molecular complexity index is 358. The predicted molar refractivity (Wildman–Crippen MR) is 73.5 cm³/mol. The van der Waals surface area contributed by atoms with Crippen LogP contribution in [0.3, 0.4) is 0 Å². The first-order chi connectivity index (χ1) is 8.54. The normalized spacial score (nSPS) is 25.4. The van der Waals surface area contributed by atoms with Gasteiger partial charge in [0.2, 0.25) is 0 Å². The zero-order chi connectivity index (χ0) is 13.6. The second kappa shape index (κ2) is 6.28. The van der Waals surface area contributed by atoms with Gasteiger partial charge < -0.3 is 11.3 Å². The van der Waals surface area contributed by atoms with E-state index in [1.165, 1.54) is 0 Å². The van der Waals surface area contributed by atoms with Crippen LogP contribution in [0.15, 0.2) is 28.1 Å². The average Bonchev–Trinajstić information content (AvgIpc) is 2.81. The number of hydrogen-bond donors (Lipinski definition) is 3. The van der Waals surface area contributed by atoms with Gasteiger partial charge in [-0.2, -0.15) is 5.10 Å². The minimum absolute atomic E-state index is 0.150. The van der Waals surface area contributed by atoms with Crippen molar-refractivity contribution in [2.45, 2.75) is 26.7 Å². The molecular weight excluding hydrogens is 228 g/mol. The molecule has 0 bridgehead atoms. The van der Waals surface area contributed by atoms with Gasteiger partial charge >= 0.3 is 0 Å². The third-order valence-corrected chi connectivity index (χ3v) is 3.54. The van der Waals surface area contributed by atoms with Crippen LogP contribution in [-0.4, -0.2) is 18.6 Å². The predicted octanol–water partition coefficient (Wildman–Crippen LogP) is 2.10. The van der Waals surface area contributed by atoms with E-state index in [0.717, 1.165) is 6.42 Å². The van der Waals surface area contributed by atoms with Crippen molar-refractivity contribution in [1.82, 2.24) is 5.43 Å². The van der Waals surface area contributed by atoms with Gasteiger partial charge in [0, 0.05) is 25.1 Å². The molecule has 2 atom stereocenters. The van der Waals surface area contributed by atoms with Crippen LogP contribution in [0.25, 0.3) is 0 Å². The van der Waals surface area contributed by atoms with Gasteiger partial charge in [0.15, 0.2) is 0 Å². The molecule has 1 aliphatic rings. The third kappa shape index (κ3) is 3.65. The fourth-order valence-corrected chi connectivity index (χ4v) is 2.20. The largest absolute Gasteiger partial charge is 0.310 e. The fourth-order valence-electron chi connectivity index (χ4n) is 2.20. The number of allylic oxidation sites excluding steroid dienone is 1. The van der Waals surface area contributed by atoms with Gasteiger partial charge in [0.25, 0.3) is 0 Å². The van der Waals surface area contributed by atoms with Crippen molar-refractivity contribution in [2.75, 3.05) is 6.54 Å². The molecule has 0 aromatic heterocycles. The lowest BCUT2D eigenvalue weighted by molar-refractivity contribution is 0.557. The van der Waals surface area contributed by atoms with Crippen LogP contribution < -0.4 is 11.3 Å². The van der Waals surface area contributed by atoms with Crippen LogP contribution in [0.2, 0.25) is 0 Å². The Morgan fingerprint density at radius 2 is 2.28 bits per heavy atom. The molecule has 6 nitrogen and oxygen atoms in total. The summed E-state index contributed by atoms with van der Waals surface area (Å²) in [5, 5.41) is 18.0. The quantitative estimate of drug-likeness (QED) is 0.123. The highest BCUT2D eigenvalue weighted by Crippen LogP contribution is 2.58. The van der Waals surface area contributed by atoms with E-state index in [4.69, 9.17) is 11.3 Å². The first kappa shape index (κ1) is 14.3. The maximum absolute atomic E-state index is 7.33. The van der Waals surface area contributed by atoms with Gasteiger partial charge in [0.1, 0.15) is 5.84 Å². The van der Waals surface area contributed by atoms with Crippen LogP contribution in [0.4, 0.5) is 0 Å². The maximum atomic E-state index is 7.33. The molecule has 0 saturated heterocycles. The van der Waals surface area contributed by atoms with Gasteiger partial charge in [0.05, 0.1) is 0 Å². The first-order valence-corrected chi connectivity index (χ1v) is 6.09. The Hall–Kier alpha value is -1.72. The van der Waals surface area contributed by atoms with E-state index in [0.29, 0.717) is 30.2 Å². The number of hydrazone groups is 1. The van der Waals surface area contributed by atoms with E-state index in [1.54, 1.807) is 0 Å². The molecule has 1 aliphatic carbocycles. The smallest absolute Gasteiger partial charge is 0.146 e. The fraction of sp³-hybridized carbons (Fsp3) is 0.667. The van der Waals surface area contributed by atoms with Crippen molar-refractivity contribution in [3.8, 4) is 0 Å². The van der Waals surface area contributed by atoms with E-state index in [2.05, 4.69) is 41.3 Å². The molecule has 0 heterocycles. The summed E-state index contributed by atoms with van der Waals surface area (Å²) in [4.78, 5) is 0. The van der Waals surface area contributed by atoms with Gasteiger partial charge in [-0.15, -0.1) is 11.7 Å². The molecule has 1 fully saturated rings. The monoisotopic (exact) mass is 250 g/mol. The Balaban J connectivity index is 2.22. The summed E-state index contributed by atoms with van der Waals surface area (Å²) < 4.78 is 0. The number of rotatable bonds is 7. The zero-order valence-electron chi connectivity index (χ0n) is 11.1. The second-order valence-electron chi connectivity index (χ2n) is 5.08. The van der Waals surface area contributed by atoms with Crippen LogP contribution >= 0.6 is 0 Å². The van der Waals surface area contributed by atoms with Crippen molar-refractivity contribution < 1.29 is 0 Å². The molecule has 0 unspecified atom stereocenters. The molecule has 0 aliphatic heterocycles. The standard InChI is InChI=1S/C12H22N6/c1-4-5-9-10(12(9,2)3)8-16-15-7-6-11(13)17-18-14/h4,8-10,15H,1,5-7H2,2-3H3,(H3,13,14,17)/b16-8+/t9-,10+/m1/s1. The Kier molecular flexibility index (Phi) is 5.00. The summed E-state index contributed by atoms with van der Waals surface area (Å²) in [7, 11) is 0. The molecule has 0 aromatic carbocycles. The summed E-state index contributed by atoms with van der Waals surface area (Å²) in [5.41, 5.74) is 3.23. The molecule has 0 spiro atoms. The Morgan fingerprint density at radius 1 is 1.56 bits per heavy atom. The van der Waals surface area contributed by atoms with Crippen molar-refractivity contribution in [3.05, 3.63) is 12.7 Å². The van der Waals surface area contributed by atoms with Gasteiger partial charge in [-0.3, -0.25) is 5.41 Å². The number of amidine groups is 1. The molecule has 4 N–H and O–H groups in total. The molecule has 0 amide bonds. The van der Waals surface area contributed by atoms with Gasteiger partial charge in [-0.05, 0) is 17.8 Å². The number of nitrogens with two attached hydrogens (primary N) is 1. The van der Waals surface area contributed by atoms with Crippen LogP contribution in [0.5, 0.6) is 0 Å². The third-order valence-electron chi connectivity index (χ3n) is 3.54. The number of hydrogen-bond acceptors (Lipinski definition) is 4. The molecule has 6 heteroatoms. The van der Waals surface area contributed by atoms with E-state index < -0.39 is 0 Å². The van der Waals surface area contributed by atoms with E-state index >= 15 is 0 Å². The lowest BCUT2D eigenvalue weighted by atomic mass is 10.1. The summed E-state index contributed by atoms with van der Waals surface area (Å²) in [6, 6.07) is 0. The van der Waals surface area contributed by atoms with E-state index in [-0.39, 0.29) is 5.84 Å². The van der Waals surface area contributed by atoms with Crippen molar-refractivity contribution in [3.63, 3.8) is 0 Å². The minimum atomic E-state index is 0.150. The van der Waals surface area contributed by atoms with Crippen LogP contribution in [-0.2, 0) is 0 Å². The zero-order valence-corrected chi connectivity index (χ0v) is 11.1. The minimum Gasteiger partial charge on any atom is -0.310 e. The summed E-state index contributed by atoms with van der Waals surface area (Å²) >= 11 is 0. The highest BCUT2D eigenvalue weighted by atomic mass is 15.3. The molecular formula is C12H22N6. The molecule has 100 valence electrons. The Labute approximate surface area is 108 Å². The van der Waals surface area contributed by atoms with Gasteiger partial charge in [-0.25, -0.2) is 0 Å². The van der Waals surface area contributed by atoms with E-state index in [9.17, 15) is 0 Å². The highest BCUT2D eigenvalue weighted by Gasteiger charge is 2.55. The molecule has 18 heavy (non-hydrogen) atoms. The van der Waals surface area contributed by atoms with Crippen molar-refractivity contribution in [2.24, 2.45) is 38.5 Å². The van der Waals surface area contributed by atoms with Crippen LogP contribution in [0.1, 0.15) is 26.7 Å². The second-order valence-corrected chi connectivity index (χ2v) is 5.08.